The van der Waals surface area contributed by atoms with Crippen LogP contribution in [0.2, 0.25) is 0 Å². The van der Waals surface area contributed by atoms with Crippen LogP contribution in [0.4, 0.5) is 0 Å². The van der Waals surface area contributed by atoms with Crippen molar-refractivity contribution < 1.29 is 14.2 Å². The monoisotopic (exact) mass is 461 g/mol. The lowest BCUT2D eigenvalue weighted by atomic mass is 9.81. The van der Waals surface area contributed by atoms with E-state index in [4.69, 9.17) is 19.2 Å². The Hall–Kier alpha value is -4.31. The molecule has 0 aliphatic carbocycles. The van der Waals surface area contributed by atoms with Crippen molar-refractivity contribution in [3.63, 3.8) is 0 Å². The number of methoxy groups -OCH3 is 2. The Labute approximate surface area is 206 Å². The number of hydrogen-bond acceptors (Lipinski definition) is 4. The third-order valence-electron chi connectivity index (χ3n) is 6.14. The second kappa shape index (κ2) is 10.3. The molecule has 4 heteroatoms. The van der Waals surface area contributed by atoms with Gasteiger partial charge < -0.3 is 14.2 Å². The molecule has 0 saturated heterocycles. The number of aliphatic imine (C=N–C) groups is 1. The largest absolute Gasteiger partial charge is 0.493 e. The quantitative estimate of drug-likeness (QED) is 0.281. The fourth-order valence-corrected chi connectivity index (χ4v) is 4.45. The van der Waals surface area contributed by atoms with Crippen LogP contribution in [0, 0.1) is 0 Å². The first kappa shape index (κ1) is 22.5. The summed E-state index contributed by atoms with van der Waals surface area (Å²) in [4.78, 5) is 4.85. The van der Waals surface area contributed by atoms with Gasteiger partial charge in [0, 0.05) is 28.8 Å². The third-order valence-corrected chi connectivity index (χ3v) is 6.14. The Morgan fingerprint density at radius 1 is 0.771 bits per heavy atom. The minimum Gasteiger partial charge on any atom is -0.493 e. The van der Waals surface area contributed by atoms with E-state index in [-0.39, 0.29) is 5.92 Å². The lowest BCUT2D eigenvalue weighted by Gasteiger charge is -2.30. The Morgan fingerprint density at radius 3 is 2.20 bits per heavy atom. The van der Waals surface area contributed by atoms with Crippen LogP contribution in [-0.4, -0.2) is 20.4 Å². The highest BCUT2D eigenvalue weighted by atomic mass is 16.5. The summed E-state index contributed by atoms with van der Waals surface area (Å²) in [6.45, 7) is 0.590. The molecule has 0 N–H and O–H groups in total. The molecule has 174 valence electrons. The summed E-state index contributed by atoms with van der Waals surface area (Å²) in [5.74, 6) is 2.90. The van der Waals surface area contributed by atoms with Crippen LogP contribution in [0.15, 0.2) is 114 Å². The number of ether oxygens (including phenoxy) is 3. The van der Waals surface area contributed by atoms with Crippen LogP contribution in [0.25, 0.3) is 5.76 Å². The zero-order valence-electron chi connectivity index (χ0n) is 19.8. The molecule has 0 amide bonds. The standard InChI is InChI=1S/C31H27NO3/c1-33-28-18-17-24(19-29(28)34-2)31-26(21-32-20-22-11-5-3-6-12-22)30(23-13-7-4-8-14-23)25-15-9-10-16-27(25)35-31/h3-19,21,30H,20H2,1-2H3/t30-/m0/s1. The van der Waals surface area contributed by atoms with Crippen molar-refractivity contribution >= 4 is 12.0 Å². The molecule has 0 spiro atoms. The summed E-state index contributed by atoms with van der Waals surface area (Å²) in [6.07, 6.45) is 1.96. The summed E-state index contributed by atoms with van der Waals surface area (Å²) in [6, 6.07) is 34.8. The molecule has 0 radical (unpaired) electrons. The van der Waals surface area contributed by atoms with E-state index in [0.717, 1.165) is 33.8 Å². The van der Waals surface area contributed by atoms with Crippen molar-refractivity contribution in [2.75, 3.05) is 14.2 Å². The van der Waals surface area contributed by atoms with Crippen LogP contribution in [0.1, 0.15) is 28.2 Å². The second-order valence-electron chi connectivity index (χ2n) is 8.29. The molecule has 4 nitrogen and oxygen atoms in total. The summed E-state index contributed by atoms with van der Waals surface area (Å²) < 4.78 is 17.6. The minimum absolute atomic E-state index is 0.0243. The van der Waals surface area contributed by atoms with E-state index in [0.29, 0.717) is 18.0 Å². The molecule has 0 saturated carbocycles. The van der Waals surface area contributed by atoms with Crippen molar-refractivity contribution in [3.05, 3.63) is 131 Å². The van der Waals surface area contributed by atoms with Crippen molar-refractivity contribution in [1.82, 2.24) is 0 Å². The van der Waals surface area contributed by atoms with Gasteiger partial charge in [-0.15, -0.1) is 0 Å². The highest BCUT2D eigenvalue weighted by Crippen LogP contribution is 2.45. The first-order valence-corrected chi connectivity index (χ1v) is 11.6. The first-order valence-electron chi connectivity index (χ1n) is 11.6. The van der Waals surface area contributed by atoms with Gasteiger partial charge in [-0.2, -0.15) is 0 Å². The van der Waals surface area contributed by atoms with Crippen molar-refractivity contribution in [2.45, 2.75) is 12.5 Å². The van der Waals surface area contributed by atoms with E-state index < -0.39 is 0 Å². The predicted octanol–water partition coefficient (Wildman–Crippen LogP) is 6.91. The van der Waals surface area contributed by atoms with Crippen molar-refractivity contribution in [3.8, 4) is 17.2 Å². The lowest BCUT2D eigenvalue weighted by Crippen LogP contribution is -2.17. The van der Waals surface area contributed by atoms with Gasteiger partial charge in [-0.05, 0) is 35.4 Å². The molecule has 5 rings (SSSR count). The van der Waals surface area contributed by atoms with Gasteiger partial charge in [-0.25, -0.2) is 0 Å². The summed E-state index contributed by atoms with van der Waals surface area (Å²) in [5.41, 5.74) is 5.36. The maximum absolute atomic E-state index is 6.55. The molecule has 0 fully saturated rings. The Balaban J connectivity index is 1.68. The lowest BCUT2D eigenvalue weighted by molar-refractivity contribution is 0.354. The van der Waals surface area contributed by atoms with Gasteiger partial charge >= 0.3 is 0 Å². The zero-order valence-corrected chi connectivity index (χ0v) is 19.8. The zero-order chi connectivity index (χ0) is 24.0. The smallest absolute Gasteiger partial charge is 0.161 e. The van der Waals surface area contributed by atoms with Crippen LogP contribution < -0.4 is 14.2 Å². The molecular formula is C31H27NO3. The normalized spacial score (nSPS) is 15.0. The second-order valence-corrected chi connectivity index (χ2v) is 8.29. The van der Waals surface area contributed by atoms with Gasteiger partial charge in [-0.1, -0.05) is 78.9 Å². The first-order chi connectivity index (χ1) is 17.3. The Morgan fingerprint density at radius 2 is 1.46 bits per heavy atom. The molecule has 0 aromatic heterocycles. The number of allylic oxidation sites excluding steroid dienone is 1. The molecule has 1 aliphatic heterocycles. The van der Waals surface area contributed by atoms with Crippen LogP contribution in [0.5, 0.6) is 17.2 Å². The van der Waals surface area contributed by atoms with E-state index in [1.807, 2.05) is 60.8 Å². The van der Waals surface area contributed by atoms with Crippen molar-refractivity contribution in [2.24, 2.45) is 4.99 Å². The average molecular weight is 462 g/mol. The SMILES string of the molecule is COc1ccc(C2=C(C=NCc3ccccc3)[C@@H](c3ccccc3)c3ccccc3O2)cc1OC. The summed E-state index contributed by atoms with van der Waals surface area (Å²) in [5, 5.41) is 0. The minimum atomic E-state index is -0.0243. The molecular weight excluding hydrogens is 434 g/mol. The van der Waals surface area contributed by atoms with Gasteiger partial charge in [0.25, 0.3) is 0 Å². The van der Waals surface area contributed by atoms with Crippen molar-refractivity contribution in [1.29, 1.82) is 0 Å². The van der Waals surface area contributed by atoms with E-state index in [9.17, 15) is 0 Å². The molecule has 4 aromatic rings. The molecule has 1 heterocycles. The fraction of sp³-hybridized carbons (Fsp3) is 0.129. The van der Waals surface area contributed by atoms with Crippen LogP contribution in [0.3, 0.4) is 0 Å². The highest BCUT2D eigenvalue weighted by molar-refractivity contribution is 5.94. The molecule has 0 unspecified atom stereocenters. The number of rotatable bonds is 7. The average Bonchev–Trinajstić information content (AvgIpc) is 2.93. The molecule has 0 bridgehead atoms. The summed E-state index contributed by atoms with van der Waals surface area (Å²) >= 11 is 0. The Bertz CT molecular complexity index is 1360. The highest BCUT2D eigenvalue weighted by Gasteiger charge is 2.31. The van der Waals surface area contributed by atoms with E-state index >= 15 is 0 Å². The van der Waals surface area contributed by atoms with Gasteiger partial charge in [0.1, 0.15) is 11.5 Å². The van der Waals surface area contributed by atoms with Crippen LogP contribution in [-0.2, 0) is 6.54 Å². The van der Waals surface area contributed by atoms with E-state index in [2.05, 4.69) is 48.5 Å². The van der Waals surface area contributed by atoms with E-state index in [1.54, 1.807) is 14.2 Å². The van der Waals surface area contributed by atoms with Gasteiger partial charge in [-0.3, -0.25) is 4.99 Å². The maximum atomic E-state index is 6.55. The van der Waals surface area contributed by atoms with Crippen LogP contribution >= 0.6 is 0 Å². The van der Waals surface area contributed by atoms with Gasteiger partial charge in [0.15, 0.2) is 11.5 Å². The predicted molar refractivity (Wildman–Crippen MR) is 140 cm³/mol. The number of benzene rings is 4. The molecule has 4 aromatic carbocycles. The molecule has 35 heavy (non-hydrogen) atoms. The summed E-state index contributed by atoms with van der Waals surface area (Å²) in [7, 11) is 3.28. The maximum Gasteiger partial charge on any atom is 0.161 e. The number of nitrogens with zero attached hydrogens (tertiary/aromatic N) is 1. The third kappa shape index (κ3) is 4.69. The topological polar surface area (TPSA) is 40.0 Å². The molecule has 1 aliphatic rings. The number of para-hydroxylation sites is 1. The fourth-order valence-electron chi connectivity index (χ4n) is 4.45. The van der Waals surface area contributed by atoms with Gasteiger partial charge in [0.05, 0.1) is 20.8 Å². The van der Waals surface area contributed by atoms with Gasteiger partial charge in [0.2, 0.25) is 0 Å². The molecule has 1 atom stereocenters. The Kier molecular flexibility index (Phi) is 6.62. The number of fused-ring (bicyclic) bond motifs is 1. The van der Waals surface area contributed by atoms with E-state index in [1.165, 1.54) is 5.56 Å². The number of hydrogen-bond donors (Lipinski definition) is 0.